The van der Waals surface area contributed by atoms with Crippen molar-refractivity contribution < 1.29 is 27.1 Å². The lowest BCUT2D eigenvalue weighted by Gasteiger charge is -2.18. The maximum atomic E-state index is 13.0. The predicted molar refractivity (Wildman–Crippen MR) is 115 cm³/mol. The van der Waals surface area contributed by atoms with Crippen molar-refractivity contribution in [1.29, 1.82) is 0 Å². The van der Waals surface area contributed by atoms with E-state index in [1.54, 1.807) is 7.11 Å². The summed E-state index contributed by atoms with van der Waals surface area (Å²) in [5.74, 6) is -1.49. The van der Waals surface area contributed by atoms with Crippen LogP contribution in [0.3, 0.4) is 0 Å². The molecule has 0 saturated carbocycles. The molecule has 2 aromatic carbocycles. The van der Waals surface area contributed by atoms with Crippen molar-refractivity contribution in [1.82, 2.24) is 10.2 Å². The van der Waals surface area contributed by atoms with Gasteiger partial charge in [0.05, 0.1) is 22.0 Å². The number of hydrogen-bond donors (Lipinski definition) is 2. The first kappa shape index (κ1) is 24.6. The molecule has 0 bridgehead atoms. The average molecular weight is 472 g/mol. The van der Waals surface area contributed by atoms with Gasteiger partial charge in [0.2, 0.25) is 5.91 Å². The molecule has 0 aliphatic rings. The number of hydrogen-bond acceptors (Lipinski definition) is 5. The van der Waals surface area contributed by atoms with E-state index >= 15 is 0 Å². The molecule has 8 nitrogen and oxygen atoms in total. The van der Waals surface area contributed by atoms with E-state index in [2.05, 4.69) is 10.0 Å². The molecule has 2 rings (SSSR count). The van der Waals surface area contributed by atoms with Crippen LogP contribution < -0.4 is 10.0 Å². The maximum Gasteiger partial charge on any atom is 0.261 e. The highest BCUT2D eigenvalue weighted by atomic mass is 35.5. The molecule has 31 heavy (non-hydrogen) atoms. The Labute approximate surface area is 185 Å². The molecule has 168 valence electrons. The predicted octanol–water partition coefficient (Wildman–Crippen LogP) is 2.50. The molecule has 0 atom stereocenters. The van der Waals surface area contributed by atoms with Crippen LogP contribution in [0, 0.1) is 5.82 Å². The van der Waals surface area contributed by atoms with Crippen molar-refractivity contribution in [3.05, 3.63) is 58.9 Å². The van der Waals surface area contributed by atoms with Crippen molar-refractivity contribution in [2.45, 2.75) is 11.3 Å². The summed E-state index contributed by atoms with van der Waals surface area (Å²) in [7, 11) is -1.09. The molecule has 0 saturated heterocycles. The Morgan fingerprint density at radius 3 is 2.48 bits per heavy atom. The monoisotopic (exact) mass is 471 g/mol. The second-order valence-electron chi connectivity index (χ2n) is 6.61. The average Bonchev–Trinajstić information content (AvgIpc) is 2.72. The molecular formula is C20H23ClFN3O5S. The molecule has 2 aromatic rings. The Kier molecular flexibility index (Phi) is 8.78. The van der Waals surface area contributed by atoms with Crippen LogP contribution in [0.4, 0.5) is 10.1 Å². The normalized spacial score (nSPS) is 11.1. The minimum Gasteiger partial charge on any atom is -0.385 e. The van der Waals surface area contributed by atoms with Gasteiger partial charge in [-0.15, -0.1) is 0 Å². The van der Waals surface area contributed by atoms with Gasteiger partial charge >= 0.3 is 0 Å². The second-order valence-corrected chi connectivity index (χ2v) is 8.70. The molecule has 11 heteroatoms. The zero-order chi connectivity index (χ0) is 23.0. The molecule has 0 heterocycles. The summed E-state index contributed by atoms with van der Waals surface area (Å²) in [5, 5.41) is 2.70. The second kappa shape index (κ2) is 11.1. The van der Waals surface area contributed by atoms with Gasteiger partial charge in [0.15, 0.2) is 0 Å². The number of nitrogens with zero attached hydrogens (tertiary/aromatic N) is 1. The lowest BCUT2D eigenvalue weighted by molar-refractivity contribution is -0.121. The molecule has 0 aliphatic heterocycles. The number of methoxy groups -OCH3 is 1. The summed E-state index contributed by atoms with van der Waals surface area (Å²) < 4.78 is 45.5. The summed E-state index contributed by atoms with van der Waals surface area (Å²) >= 11 is 6.10. The Bertz CT molecular complexity index is 1030. The zero-order valence-electron chi connectivity index (χ0n) is 17.0. The number of benzene rings is 2. The number of amides is 2. The van der Waals surface area contributed by atoms with Crippen molar-refractivity contribution >= 4 is 39.1 Å². The van der Waals surface area contributed by atoms with Crippen LogP contribution in [0.5, 0.6) is 0 Å². The van der Waals surface area contributed by atoms with Gasteiger partial charge in [-0.25, -0.2) is 12.8 Å². The van der Waals surface area contributed by atoms with E-state index in [4.69, 9.17) is 16.3 Å². The Balaban J connectivity index is 2.12. The minimum atomic E-state index is -4.06. The zero-order valence-corrected chi connectivity index (χ0v) is 18.6. The molecular weight excluding hydrogens is 449 g/mol. The molecule has 0 fully saturated rings. The standard InChI is InChI=1S/C20H23ClFN3O5S/c1-25(13-19(26)23-10-3-11-30-2)20(27)17-12-16(8-9-18(17)21)31(28,29)24-15-6-4-14(22)5-7-15/h4-9,12,24H,3,10-11,13H2,1-2H3,(H,23,26). The highest BCUT2D eigenvalue weighted by Crippen LogP contribution is 2.23. The van der Waals surface area contributed by atoms with Crippen LogP contribution in [0.15, 0.2) is 47.4 Å². The third kappa shape index (κ3) is 7.20. The smallest absolute Gasteiger partial charge is 0.261 e. The first-order valence-corrected chi connectivity index (χ1v) is 11.1. The number of carbonyl (C=O) groups is 2. The lowest BCUT2D eigenvalue weighted by Crippen LogP contribution is -2.39. The van der Waals surface area contributed by atoms with Gasteiger partial charge < -0.3 is 15.0 Å². The van der Waals surface area contributed by atoms with E-state index in [1.165, 1.54) is 31.3 Å². The first-order chi connectivity index (χ1) is 14.6. The third-order valence-corrected chi connectivity index (χ3v) is 5.86. The van der Waals surface area contributed by atoms with Crippen LogP contribution in [0.25, 0.3) is 0 Å². The van der Waals surface area contributed by atoms with E-state index in [0.29, 0.717) is 19.6 Å². The summed E-state index contributed by atoms with van der Waals surface area (Å²) in [6, 6.07) is 8.43. The van der Waals surface area contributed by atoms with Gasteiger partial charge in [-0.05, 0) is 48.9 Å². The van der Waals surface area contributed by atoms with Gasteiger partial charge in [-0.3, -0.25) is 14.3 Å². The molecule has 0 aliphatic carbocycles. The summed E-state index contributed by atoms with van der Waals surface area (Å²) in [5.41, 5.74) is 0.0878. The number of halogens is 2. The van der Waals surface area contributed by atoms with E-state index < -0.39 is 21.7 Å². The Morgan fingerprint density at radius 1 is 1.16 bits per heavy atom. The fourth-order valence-corrected chi connectivity index (χ4v) is 3.84. The number of nitrogens with one attached hydrogen (secondary N) is 2. The first-order valence-electron chi connectivity index (χ1n) is 9.23. The van der Waals surface area contributed by atoms with E-state index in [-0.39, 0.29) is 33.6 Å². The maximum absolute atomic E-state index is 13.0. The van der Waals surface area contributed by atoms with Crippen molar-refractivity contribution in [2.75, 3.05) is 38.6 Å². The van der Waals surface area contributed by atoms with E-state index in [1.807, 2.05) is 0 Å². The van der Waals surface area contributed by atoms with Crippen LogP contribution in [0.2, 0.25) is 5.02 Å². The van der Waals surface area contributed by atoms with Gasteiger partial charge in [0.1, 0.15) is 5.82 Å². The van der Waals surface area contributed by atoms with Crippen LogP contribution >= 0.6 is 11.6 Å². The number of anilines is 1. The number of sulfonamides is 1. The van der Waals surface area contributed by atoms with Gasteiger partial charge in [-0.1, -0.05) is 11.6 Å². The van der Waals surface area contributed by atoms with Gasteiger partial charge in [0, 0.05) is 33.0 Å². The summed E-state index contributed by atoms with van der Waals surface area (Å²) in [6.07, 6.45) is 0.632. The third-order valence-electron chi connectivity index (χ3n) is 4.15. The molecule has 2 amide bonds. The topological polar surface area (TPSA) is 105 Å². The number of likely N-dealkylation sites (N-methyl/N-ethyl adjacent to an activating group) is 1. The molecule has 0 unspecified atom stereocenters. The summed E-state index contributed by atoms with van der Waals surface area (Å²) in [6.45, 7) is 0.670. The summed E-state index contributed by atoms with van der Waals surface area (Å²) in [4.78, 5) is 25.6. The largest absolute Gasteiger partial charge is 0.385 e. The highest BCUT2D eigenvalue weighted by Gasteiger charge is 2.22. The molecule has 0 aromatic heterocycles. The van der Waals surface area contributed by atoms with Crippen molar-refractivity contribution in [3.63, 3.8) is 0 Å². The van der Waals surface area contributed by atoms with Crippen LogP contribution in [-0.2, 0) is 19.6 Å². The molecule has 0 radical (unpaired) electrons. The number of rotatable bonds is 10. The van der Waals surface area contributed by atoms with Gasteiger partial charge in [-0.2, -0.15) is 0 Å². The van der Waals surface area contributed by atoms with E-state index in [9.17, 15) is 22.4 Å². The van der Waals surface area contributed by atoms with Crippen LogP contribution in [0.1, 0.15) is 16.8 Å². The Morgan fingerprint density at radius 2 is 1.84 bits per heavy atom. The number of carbonyl (C=O) groups excluding carboxylic acids is 2. The fourth-order valence-electron chi connectivity index (χ4n) is 2.56. The highest BCUT2D eigenvalue weighted by molar-refractivity contribution is 7.92. The molecule has 2 N–H and O–H groups in total. The van der Waals surface area contributed by atoms with Crippen molar-refractivity contribution in [3.8, 4) is 0 Å². The Hall–Kier alpha value is -2.69. The SMILES string of the molecule is COCCCNC(=O)CN(C)C(=O)c1cc(S(=O)(=O)Nc2ccc(F)cc2)ccc1Cl. The van der Waals surface area contributed by atoms with Crippen LogP contribution in [-0.4, -0.2) is 59.0 Å². The van der Waals surface area contributed by atoms with Crippen molar-refractivity contribution in [2.24, 2.45) is 0 Å². The molecule has 0 spiro atoms. The minimum absolute atomic E-state index is 0.0399. The van der Waals surface area contributed by atoms with Gasteiger partial charge in [0.25, 0.3) is 15.9 Å². The quantitative estimate of drug-likeness (QED) is 0.518. The number of ether oxygens (including phenoxy) is 1. The lowest BCUT2D eigenvalue weighted by atomic mass is 10.2. The van der Waals surface area contributed by atoms with E-state index in [0.717, 1.165) is 23.1 Å². The fraction of sp³-hybridized carbons (Fsp3) is 0.300.